The van der Waals surface area contributed by atoms with Crippen molar-refractivity contribution in [3.05, 3.63) is 64.0 Å². The predicted molar refractivity (Wildman–Crippen MR) is 81.6 cm³/mol. The summed E-state index contributed by atoms with van der Waals surface area (Å²) in [4.78, 5) is 23.5. The fourth-order valence-corrected chi connectivity index (χ4v) is 3.55. The molecule has 0 bridgehead atoms. The number of hydrogen-bond acceptors (Lipinski definition) is 4. The van der Waals surface area contributed by atoms with Gasteiger partial charge in [0.15, 0.2) is 0 Å². The number of amides is 1. The Hall–Kier alpha value is -2.41. The molecule has 2 aromatic rings. The molecule has 1 unspecified atom stereocenters. The molecule has 1 aliphatic heterocycles. The van der Waals surface area contributed by atoms with E-state index in [1.807, 2.05) is 24.3 Å². The molecule has 1 aliphatic rings. The standard InChI is InChI=1S/C15H11FN2O3S/c16-12-6-5-9(18(20)21)7-13(12)17-15(19)11-8-22-14-4-2-1-3-10(11)14/h1-7,11H,8H2,(H,17,19). The van der Waals surface area contributed by atoms with Crippen molar-refractivity contribution in [1.82, 2.24) is 0 Å². The van der Waals surface area contributed by atoms with Gasteiger partial charge in [-0.05, 0) is 17.7 Å². The first-order valence-electron chi connectivity index (χ1n) is 6.53. The lowest BCUT2D eigenvalue weighted by atomic mass is 10.0. The molecular formula is C15H11FN2O3S. The average Bonchev–Trinajstić information content (AvgIpc) is 2.93. The van der Waals surface area contributed by atoms with Gasteiger partial charge in [-0.25, -0.2) is 4.39 Å². The third-order valence-electron chi connectivity index (χ3n) is 3.44. The first-order chi connectivity index (χ1) is 10.6. The lowest BCUT2D eigenvalue weighted by molar-refractivity contribution is -0.384. The summed E-state index contributed by atoms with van der Waals surface area (Å²) in [6.07, 6.45) is 0. The SMILES string of the molecule is O=C(Nc1cc([N+](=O)[O-])ccc1F)C1CSc2ccccc21. The number of hydrogen-bond donors (Lipinski definition) is 1. The van der Waals surface area contributed by atoms with Crippen LogP contribution in [0, 0.1) is 15.9 Å². The molecule has 0 saturated heterocycles. The van der Waals surface area contributed by atoms with Crippen LogP contribution in [-0.2, 0) is 4.79 Å². The van der Waals surface area contributed by atoms with E-state index in [1.54, 1.807) is 11.8 Å². The van der Waals surface area contributed by atoms with E-state index >= 15 is 0 Å². The Bertz CT molecular complexity index is 766. The van der Waals surface area contributed by atoms with Crippen LogP contribution in [0.25, 0.3) is 0 Å². The summed E-state index contributed by atoms with van der Waals surface area (Å²) in [6, 6.07) is 10.6. The summed E-state index contributed by atoms with van der Waals surface area (Å²) >= 11 is 1.56. The van der Waals surface area contributed by atoms with Crippen LogP contribution in [0.4, 0.5) is 15.8 Å². The normalized spacial score (nSPS) is 16.1. The van der Waals surface area contributed by atoms with E-state index < -0.39 is 10.7 Å². The van der Waals surface area contributed by atoms with Gasteiger partial charge in [-0.15, -0.1) is 11.8 Å². The molecule has 0 saturated carbocycles. The lowest BCUT2D eigenvalue weighted by Gasteiger charge is -2.12. The highest BCUT2D eigenvalue weighted by Crippen LogP contribution is 2.40. The largest absolute Gasteiger partial charge is 0.323 e. The molecule has 22 heavy (non-hydrogen) atoms. The fraction of sp³-hybridized carbons (Fsp3) is 0.133. The molecular weight excluding hydrogens is 307 g/mol. The number of nitrogens with zero attached hydrogens (tertiary/aromatic N) is 1. The molecule has 3 rings (SSSR count). The number of nitro benzene ring substituents is 1. The Morgan fingerprint density at radius 1 is 1.32 bits per heavy atom. The number of non-ortho nitro benzene ring substituents is 1. The first-order valence-corrected chi connectivity index (χ1v) is 7.51. The van der Waals surface area contributed by atoms with Crippen molar-refractivity contribution < 1.29 is 14.1 Å². The smallest absolute Gasteiger partial charge is 0.271 e. The molecule has 0 fully saturated rings. The summed E-state index contributed by atoms with van der Waals surface area (Å²) in [5, 5.41) is 13.2. The summed E-state index contributed by atoms with van der Waals surface area (Å²) in [5.74, 6) is -0.878. The van der Waals surface area contributed by atoms with E-state index in [0.717, 1.165) is 28.7 Å². The number of anilines is 1. The number of nitrogens with one attached hydrogen (secondary N) is 1. The molecule has 112 valence electrons. The van der Waals surface area contributed by atoms with Gasteiger partial charge in [0, 0.05) is 22.8 Å². The average molecular weight is 318 g/mol. The van der Waals surface area contributed by atoms with Crippen molar-refractivity contribution in [2.24, 2.45) is 0 Å². The zero-order valence-corrected chi connectivity index (χ0v) is 12.1. The molecule has 7 heteroatoms. The van der Waals surface area contributed by atoms with Crippen molar-refractivity contribution in [2.75, 3.05) is 11.1 Å². The van der Waals surface area contributed by atoms with Crippen molar-refractivity contribution in [3.63, 3.8) is 0 Å². The minimum atomic E-state index is -0.696. The molecule has 0 aromatic heterocycles. The van der Waals surface area contributed by atoms with E-state index in [2.05, 4.69) is 5.32 Å². The van der Waals surface area contributed by atoms with Crippen LogP contribution in [-0.4, -0.2) is 16.6 Å². The highest BCUT2D eigenvalue weighted by molar-refractivity contribution is 7.99. The third kappa shape index (κ3) is 2.67. The first kappa shape index (κ1) is 14.5. The monoisotopic (exact) mass is 318 g/mol. The van der Waals surface area contributed by atoms with Crippen LogP contribution in [0.2, 0.25) is 0 Å². The van der Waals surface area contributed by atoms with Gasteiger partial charge in [0.1, 0.15) is 5.82 Å². The number of rotatable bonds is 3. The Labute approximate surface area is 129 Å². The van der Waals surface area contributed by atoms with E-state index in [0.29, 0.717) is 5.75 Å². The van der Waals surface area contributed by atoms with Crippen LogP contribution in [0.1, 0.15) is 11.5 Å². The zero-order chi connectivity index (χ0) is 15.7. The maximum Gasteiger partial charge on any atom is 0.271 e. The molecule has 0 spiro atoms. The Balaban J connectivity index is 1.84. The van der Waals surface area contributed by atoms with Gasteiger partial charge in [-0.2, -0.15) is 0 Å². The number of fused-ring (bicyclic) bond motifs is 1. The minimum Gasteiger partial charge on any atom is -0.323 e. The topological polar surface area (TPSA) is 72.2 Å². The zero-order valence-electron chi connectivity index (χ0n) is 11.3. The van der Waals surface area contributed by atoms with Crippen LogP contribution in [0.3, 0.4) is 0 Å². The number of thioether (sulfide) groups is 1. The fourth-order valence-electron chi connectivity index (χ4n) is 2.32. The Morgan fingerprint density at radius 2 is 2.09 bits per heavy atom. The maximum atomic E-state index is 13.7. The Morgan fingerprint density at radius 3 is 2.86 bits per heavy atom. The highest BCUT2D eigenvalue weighted by Gasteiger charge is 2.29. The summed E-state index contributed by atoms with van der Waals surface area (Å²) in [6.45, 7) is 0. The van der Waals surface area contributed by atoms with E-state index in [9.17, 15) is 19.3 Å². The van der Waals surface area contributed by atoms with Gasteiger partial charge in [-0.3, -0.25) is 14.9 Å². The van der Waals surface area contributed by atoms with E-state index in [-0.39, 0.29) is 23.2 Å². The third-order valence-corrected chi connectivity index (χ3v) is 4.62. The molecule has 1 N–H and O–H groups in total. The lowest BCUT2D eigenvalue weighted by Crippen LogP contribution is -2.21. The van der Waals surface area contributed by atoms with Crippen molar-refractivity contribution in [3.8, 4) is 0 Å². The van der Waals surface area contributed by atoms with Crippen molar-refractivity contribution >= 4 is 29.0 Å². The molecule has 2 aromatic carbocycles. The number of benzene rings is 2. The molecule has 0 radical (unpaired) electrons. The Kier molecular flexibility index (Phi) is 3.81. The van der Waals surface area contributed by atoms with E-state index in [4.69, 9.17) is 0 Å². The van der Waals surface area contributed by atoms with Crippen molar-refractivity contribution in [1.29, 1.82) is 0 Å². The second-order valence-electron chi connectivity index (χ2n) is 4.81. The second-order valence-corrected chi connectivity index (χ2v) is 5.87. The quantitative estimate of drug-likeness (QED) is 0.694. The van der Waals surface area contributed by atoms with Crippen LogP contribution < -0.4 is 5.32 Å². The van der Waals surface area contributed by atoms with Gasteiger partial charge in [0.25, 0.3) is 5.69 Å². The van der Waals surface area contributed by atoms with E-state index in [1.165, 1.54) is 0 Å². The van der Waals surface area contributed by atoms with Crippen LogP contribution >= 0.6 is 11.8 Å². The van der Waals surface area contributed by atoms with Crippen LogP contribution in [0.5, 0.6) is 0 Å². The highest BCUT2D eigenvalue weighted by atomic mass is 32.2. The van der Waals surface area contributed by atoms with Crippen LogP contribution in [0.15, 0.2) is 47.4 Å². The van der Waals surface area contributed by atoms with Gasteiger partial charge < -0.3 is 5.32 Å². The molecule has 1 heterocycles. The van der Waals surface area contributed by atoms with Gasteiger partial charge in [0.2, 0.25) is 5.91 Å². The summed E-state index contributed by atoms with van der Waals surface area (Å²) < 4.78 is 13.7. The van der Waals surface area contributed by atoms with Gasteiger partial charge in [0.05, 0.1) is 16.5 Å². The molecule has 5 nitrogen and oxygen atoms in total. The second kappa shape index (κ2) is 5.76. The van der Waals surface area contributed by atoms with Crippen molar-refractivity contribution in [2.45, 2.75) is 10.8 Å². The minimum absolute atomic E-state index is 0.173. The summed E-state index contributed by atoms with van der Waals surface area (Å²) in [5.41, 5.74) is 0.460. The molecule has 1 atom stereocenters. The number of carbonyl (C=O) groups is 1. The maximum absolute atomic E-state index is 13.7. The van der Waals surface area contributed by atoms with Gasteiger partial charge >= 0.3 is 0 Å². The number of nitro groups is 1. The molecule has 0 aliphatic carbocycles. The number of carbonyl (C=O) groups excluding carboxylic acids is 1. The van der Waals surface area contributed by atoms with Gasteiger partial charge in [-0.1, -0.05) is 18.2 Å². The predicted octanol–water partition coefficient (Wildman–Crippen LogP) is 3.56. The number of halogens is 1. The molecule has 1 amide bonds. The summed E-state index contributed by atoms with van der Waals surface area (Å²) in [7, 11) is 0.